The minimum absolute atomic E-state index is 0.163. The normalized spacial score (nSPS) is 14.8. The maximum atomic E-state index is 11.9. The molecule has 0 saturated heterocycles. The first-order valence-electron chi connectivity index (χ1n) is 7.18. The van der Waals surface area contributed by atoms with E-state index in [1.54, 1.807) is 6.20 Å². The molecule has 7 heteroatoms. The molecule has 116 valence electrons. The van der Waals surface area contributed by atoms with E-state index in [9.17, 15) is 4.79 Å². The first-order chi connectivity index (χ1) is 10.7. The van der Waals surface area contributed by atoms with E-state index in [4.69, 9.17) is 9.47 Å². The third kappa shape index (κ3) is 3.30. The number of nitrogens with one attached hydrogen (secondary N) is 3. The maximum Gasteiger partial charge on any atom is 0.319 e. The summed E-state index contributed by atoms with van der Waals surface area (Å²) in [6.45, 7) is 3.21. The van der Waals surface area contributed by atoms with Crippen molar-refractivity contribution in [2.24, 2.45) is 0 Å². The number of benzene rings is 1. The van der Waals surface area contributed by atoms with Gasteiger partial charge in [-0.1, -0.05) is 6.07 Å². The van der Waals surface area contributed by atoms with Gasteiger partial charge in [0.1, 0.15) is 0 Å². The van der Waals surface area contributed by atoms with Gasteiger partial charge in [-0.25, -0.2) is 4.79 Å². The quantitative estimate of drug-likeness (QED) is 0.812. The van der Waals surface area contributed by atoms with Gasteiger partial charge in [-0.15, -0.1) is 0 Å². The zero-order chi connectivity index (χ0) is 15.4. The number of carbonyl (C=O) groups is 1. The second kappa shape index (κ2) is 6.38. The third-order valence-electron chi connectivity index (χ3n) is 3.38. The fourth-order valence-electron chi connectivity index (χ4n) is 2.22. The lowest BCUT2D eigenvalue weighted by Crippen LogP contribution is -2.31. The van der Waals surface area contributed by atoms with E-state index >= 15 is 0 Å². The van der Waals surface area contributed by atoms with Gasteiger partial charge in [0, 0.05) is 12.6 Å². The molecule has 0 saturated carbocycles. The van der Waals surface area contributed by atoms with Gasteiger partial charge in [0.2, 0.25) is 0 Å². The molecule has 7 nitrogen and oxygen atoms in total. The van der Waals surface area contributed by atoms with Gasteiger partial charge < -0.3 is 20.1 Å². The van der Waals surface area contributed by atoms with Crippen molar-refractivity contribution in [3.63, 3.8) is 0 Å². The Morgan fingerprint density at radius 2 is 2.14 bits per heavy atom. The minimum atomic E-state index is -0.291. The summed E-state index contributed by atoms with van der Waals surface area (Å²) in [6.07, 6.45) is 4.01. The maximum absolute atomic E-state index is 11.9. The second-order valence-corrected chi connectivity index (χ2v) is 5.06. The number of H-pyrrole nitrogens is 1. The van der Waals surface area contributed by atoms with Crippen molar-refractivity contribution in [3.05, 3.63) is 36.2 Å². The Bertz CT molecular complexity index is 642. The fraction of sp³-hybridized carbons (Fsp3) is 0.333. The van der Waals surface area contributed by atoms with Crippen LogP contribution < -0.4 is 20.1 Å². The SMILES string of the molecule is CC(NC(=O)Nc1cn[nH]c1)c1ccc2c(c1)OCCCO2. The van der Waals surface area contributed by atoms with Crippen LogP contribution in [0.25, 0.3) is 0 Å². The molecule has 2 heterocycles. The Labute approximate surface area is 128 Å². The highest BCUT2D eigenvalue weighted by atomic mass is 16.5. The Kier molecular flexibility index (Phi) is 4.13. The molecule has 0 fully saturated rings. The topological polar surface area (TPSA) is 88.3 Å². The molecule has 22 heavy (non-hydrogen) atoms. The van der Waals surface area contributed by atoms with Crippen molar-refractivity contribution in [2.45, 2.75) is 19.4 Å². The Morgan fingerprint density at radius 1 is 1.32 bits per heavy atom. The monoisotopic (exact) mass is 302 g/mol. The van der Waals surface area contributed by atoms with Gasteiger partial charge in [-0.05, 0) is 24.6 Å². The summed E-state index contributed by atoms with van der Waals surface area (Å²) >= 11 is 0. The molecule has 3 rings (SSSR count). The van der Waals surface area contributed by atoms with Crippen LogP contribution in [0.15, 0.2) is 30.6 Å². The zero-order valence-corrected chi connectivity index (χ0v) is 12.3. The lowest BCUT2D eigenvalue weighted by molar-refractivity contribution is 0.249. The molecule has 1 aliphatic rings. The summed E-state index contributed by atoms with van der Waals surface area (Å²) in [6, 6.07) is 5.26. The van der Waals surface area contributed by atoms with Gasteiger partial charge in [-0.3, -0.25) is 5.10 Å². The molecule has 0 spiro atoms. The molecule has 2 amide bonds. The standard InChI is InChI=1S/C15H18N4O3/c1-10(18-15(20)19-12-8-16-17-9-12)11-3-4-13-14(7-11)22-6-2-5-21-13/h3-4,7-10H,2,5-6H2,1H3,(H,16,17)(H2,18,19,20). The number of ether oxygens (including phenoxy) is 2. The zero-order valence-electron chi connectivity index (χ0n) is 12.3. The molecule has 2 aromatic rings. The van der Waals surface area contributed by atoms with Crippen LogP contribution in [-0.4, -0.2) is 29.4 Å². The number of nitrogens with zero attached hydrogens (tertiary/aromatic N) is 1. The Hall–Kier alpha value is -2.70. The molecule has 1 unspecified atom stereocenters. The number of amides is 2. The number of hydrogen-bond donors (Lipinski definition) is 3. The number of fused-ring (bicyclic) bond motifs is 1. The van der Waals surface area contributed by atoms with E-state index in [-0.39, 0.29) is 12.1 Å². The number of carbonyl (C=O) groups excluding carboxylic acids is 1. The highest BCUT2D eigenvalue weighted by Gasteiger charge is 2.15. The van der Waals surface area contributed by atoms with Crippen LogP contribution in [0.5, 0.6) is 11.5 Å². The summed E-state index contributed by atoms with van der Waals surface area (Å²) in [5.41, 5.74) is 1.56. The van der Waals surface area contributed by atoms with Crippen LogP contribution in [0.3, 0.4) is 0 Å². The predicted molar refractivity (Wildman–Crippen MR) is 81.2 cm³/mol. The van der Waals surface area contributed by atoms with Crippen LogP contribution in [0.2, 0.25) is 0 Å². The third-order valence-corrected chi connectivity index (χ3v) is 3.38. The molecular formula is C15H18N4O3. The second-order valence-electron chi connectivity index (χ2n) is 5.06. The summed E-state index contributed by atoms with van der Waals surface area (Å²) in [5, 5.41) is 12.0. The Balaban J connectivity index is 1.65. The highest BCUT2D eigenvalue weighted by molar-refractivity contribution is 5.89. The summed E-state index contributed by atoms with van der Waals surface area (Å²) in [4.78, 5) is 11.9. The lowest BCUT2D eigenvalue weighted by atomic mass is 10.1. The molecule has 1 atom stereocenters. The summed E-state index contributed by atoms with van der Waals surface area (Å²) in [7, 11) is 0. The van der Waals surface area contributed by atoms with Crippen molar-refractivity contribution in [2.75, 3.05) is 18.5 Å². The van der Waals surface area contributed by atoms with E-state index in [0.717, 1.165) is 23.5 Å². The largest absolute Gasteiger partial charge is 0.490 e. The molecule has 0 bridgehead atoms. The first kappa shape index (κ1) is 14.2. The number of aromatic nitrogens is 2. The van der Waals surface area contributed by atoms with Gasteiger partial charge in [0.25, 0.3) is 0 Å². The molecule has 1 aliphatic heterocycles. The van der Waals surface area contributed by atoms with Gasteiger partial charge >= 0.3 is 6.03 Å². The summed E-state index contributed by atoms with van der Waals surface area (Å²) in [5.74, 6) is 1.47. The lowest BCUT2D eigenvalue weighted by Gasteiger charge is -2.16. The van der Waals surface area contributed by atoms with Gasteiger partial charge in [0.05, 0.1) is 31.1 Å². The van der Waals surface area contributed by atoms with E-state index in [0.29, 0.717) is 18.9 Å². The van der Waals surface area contributed by atoms with Crippen molar-refractivity contribution >= 4 is 11.7 Å². The first-order valence-corrected chi connectivity index (χ1v) is 7.18. The van der Waals surface area contributed by atoms with Crippen LogP contribution in [0.4, 0.5) is 10.5 Å². The van der Waals surface area contributed by atoms with Crippen LogP contribution in [0, 0.1) is 0 Å². The molecule has 0 aliphatic carbocycles. The molecular weight excluding hydrogens is 284 g/mol. The van der Waals surface area contributed by atoms with Gasteiger partial charge in [-0.2, -0.15) is 5.10 Å². The smallest absolute Gasteiger partial charge is 0.319 e. The summed E-state index contributed by atoms with van der Waals surface area (Å²) < 4.78 is 11.3. The van der Waals surface area contributed by atoms with E-state index in [2.05, 4.69) is 20.8 Å². The van der Waals surface area contributed by atoms with Crippen LogP contribution in [-0.2, 0) is 0 Å². The van der Waals surface area contributed by atoms with E-state index in [1.165, 1.54) is 6.20 Å². The van der Waals surface area contributed by atoms with E-state index < -0.39 is 0 Å². The number of aromatic amines is 1. The molecule has 1 aromatic carbocycles. The number of rotatable bonds is 3. The van der Waals surface area contributed by atoms with Crippen molar-refractivity contribution in [1.29, 1.82) is 0 Å². The number of hydrogen-bond acceptors (Lipinski definition) is 4. The predicted octanol–water partition coefficient (Wildman–Crippen LogP) is 2.45. The average molecular weight is 302 g/mol. The van der Waals surface area contributed by atoms with Crippen molar-refractivity contribution < 1.29 is 14.3 Å². The van der Waals surface area contributed by atoms with Crippen molar-refractivity contribution in [3.8, 4) is 11.5 Å². The van der Waals surface area contributed by atoms with Crippen LogP contribution >= 0.6 is 0 Å². The molecule has 1 aromatic heterocycles. The van der Waals surface area contributed by atoms with E-state index in [1.807, 2.05) is 25.1 Å². The average Bonchev–Trinajstić information content (AvgIpc) is 2.89. The minimum Gasteiger partial charge on any atom is -0.490 e. The van der Waals surface area contributed by atoms with Gasteiger partial charge in [0.15, 0.2) is 11.5 Å². The fourth-order valence-corrected chi connectivity index (χ4v) is 2.22. The van der Waals surface area contributed by atoms with Crippen LogP contribution in [0.1, 0.15) is 24.9 Å². The Morgan fingerprint density at radius 3 is 2.91 bits per heavy atom. The number of anilines is 1. The molecule has 0 radical (unpaired) electrons. The number of urea groups is 1. The highest BCUT2D eigenvalue weighted by Crippen LogP contribution is 2.32. The van der Waals surface area contributed by atoms with Crippen molar-refractivity contribution in [1.82, 2.24) is 15.5 Å². The molecule has 3 N–H and O–H groups in total.